The molecule has 0 aromatic heterocycles. The maximum absolute atomic E-state index is 12.3. The number of nitrogens with one attached hydrogen (secondary N) is 2. The number of carbonyl (C=O) groups is 1. The minimum absolute atomic E-state index is 0.0679. The number of nitrogens with zero attached hydrogens (tertiary/aromatic N) is 1. The summed E-state index contributed by atoms with van der Waals surface area (Å²) >= 11 is 0. The molecule has 4 heteroatoms. The van der Waals surface area contributed by atoms with Gasteiger partial charge in [-0.2, -0.15) is 0 Å². The first-order valence-electron chi connectivity index (χ1n) is 8.13. The first-order chi connectivity index (χ1) is 10.3. The van der Waals surface area contributed by atoms with Gasteiger partial charge in [-0.1, -0.05) is 6.92 Å². The van der Waals surface area contributed by atoms with Crippen molar-refractivity contribution in [3.8, 4) is 0 Å². The van der Waals surface area contributed by atoms with Crippen LogP contribution >= 0.6 is 0 Å². The molecule has 1 aromatic carbocycles. The largest absolute Gasteiger partial charge is 0.385 e. The van der Waals surface area contributed by atoms with Gasteiger partial charge in [0, 0.05) is 30.9 Å². The van der Waals surface area contributed by atoms with E-state index >= 15 is 0 Å². The molecule has 0 spiro atoms. The molecule has 1 aromatic rings. The minimum Gasteiger partial charge on any atom is -0.385 e. The van der Waals surface area contributed by atoms with Crippen LogP contribution < -0.4 is 10.6 Å². The first-order valence-corrected chi connectivity index (χ1v) is 8.13. The van der Waals surface area contributed by atoms with E-state index in [-0.39, 0.29) is 5.91 Å². The number of likely N-dealkylation sites (tertiary alicyclic amines) is 1. The molecule has 1 saturated heterocycles. The summed E-state index contributed by atoms with van der Waals surface area (Å²) < 4.78 is 0. The second kappa shape index (κ2) is 6.48. The summed E-state index contributed by atoms with van der Waals surface area (Å²) in [5, 5.41) is 6.49. The standard InChI is InChI=1S/C17H25N3O/c1-2-20-9-7-13(12-20)11-19-17(21)15-5-6-16-14(10-15)4-3-8-18-16/h5-6,10,13,18H,2-4,7-9,11-12H2,1H3,(H,19,21). The summed E-state index contributed by atoms with van der Waals surface area (Å²) in [6.07, 6.45) is 3.41. The Bertz CT molecular complexity index is 515. The van der Waals surface area contributed by atoms with Crippen molar-refractivity contribution in [3.05, 3.63) is 29.3 Å². The van der Waals surface area contributed by atoms with Crippen LogP contribution in [0.5, 0.6) is 0 Å². The lowest BCUT2D eigenvalue weighted by atomic mass is 10.0. The van der Waals surface area contributed by atoms with Gasteiger partial charge >= 0.3 is 0 Å². The lowest BCUT2D eigenvalue weighted by Gasteiger charge is -2.19. The Balaban J connectivity index is 1.56. The van der Waals surface area contributed by atoms with Crippen molar-refractivity contribution in [1.82, 2.24) is 10.2 Å². The number of fused-ring (bicyclic) bond motifs is 1. The fourth-order valence-corrected chi connectivity index (χ4v) is 3.32. The van der Waals surface area contributed by atoms with Gasteiger partial charge in [-0.15, -0.1) is 0 Å². The first kappa shape index (κ1) is 14.4. The molecule has 114 valence electrons. The number of anilines is 1. The van der Waals surface area contributed by atoms with Gasteiger partial charge in [-0.3, -0.25) is 4.79 Å². The fourth-order valence-electron chi connectivity index (χ4n) is 3.32. The highest BCUT2D eigenvalue weighted by Crippen LogP contribution is 2.23. The number of amides is 1. The van der Waals surface area contributed by atoms with E-state index in [0.717, 1.165) is 44.6 Å². The molecular formula is C17H25N3O. The van der Waals surface area contributed by atoms with Crippen molar-refractivity contribution in [2.45, 2.75) is 26.2 Å². The molecule has 2 heterocycles. The minimum atomic E-state index is 0.0679. The molecule has 1 amide bonds. The second-order valence-electron chi connectivity index (χ2n) is 6.16. The van der Waals surface area contributed by atoms with E-state index in [1.54, 1.807) is 0 Å². The number of aryl methyl sites for hydroxylation is 1. The normalized spacial score (nSPS) is 21.7. The molecule has 1 fully saturated rings. The van der Waals surface area contributed by atoms with Crippen molar-refractivity contribution in [2.24, 2.45) is 5.92 Å². The molecule has 3 rings (SSSR count). The van der Waals surface area contributed by atoms with E-state index in [4.69, 9.17) is 0 Å². The molecule has 0 bridgehead atoms. The van der Waals surface area contributed by atoms with E-state index in [0.29, 0.717) is 5.92 Å². The number of benzene rings is 1. The van der Waals surface area contributed by atoms with Crippen LogP contribution in [0, 0.1) is 5.92 Å². The molecule has 2 N–H and O–H groups in total. The van der Waals surface area contributed by atoms with Crippen LogP contribution in [0.2, 0.25) is 0 Å². The van der Waals surface area contributed by atoms with Gasteiger partial charge in [0.2, 0.25) is 0 Å². The topological polar surface area (TPSA) is 44.4 Å². The van der Waals surface area contributed by atoms with Crippen LogP contribution in [-0.2, 0) is 6.42 Å². The van der Waals surface area contributed by atoms with E-state index in [1.807, 2.05) is 18.2 Å². The van der Waals surface area contributed by atoms with Crippen molar-refractivity contribution >= 4 is 11.6 Å². The molecule has 0 saturated carbocycles. The van der Waals surface area contributed by atoms with E-state index in [9.17, 15) is 4.79 Å². The Kier molecular flexibility index (Phi) is 4.44. The van der Waals surface area contributed by atoms with Crippen LogP contribution in [0.3, 0.4) is 0 Å². The zero-order valence-corrected chi connectivity index (χ0v) is 12.8. The van der Waals surface area contributed by atoms with Gasteiger partial charge in [-0.25, -0.2) is 0 Å². The van der Waals surface area contributed by atoms with Crippen LogP contribution in [-0.4, -0.2) is 43.5 Å². The zero-order chi connectivity index (χ0) is 14.7. The highest BCUT2D eigenvalue weighted by Gasteiger charge is 2.21. The third-order valence-electron chi connectivity index (χ3n) is 4.67. The van der Waals surface area contributed by atoms with Crippen LogP contribution in [0.25, 0.3) is 0 Å². The van der Waals surface area contributed by atoms with Crippen molar-refractivity contribution < 1.29 is 4.79 Å². The SMILES string of the molecule is CCN1CCC(CNC(=O)c2ccc3c(c2)CCCN3)C1. The predicted molar refractivity (Wildman–Crippen MR) is 85.8 cm³/mol. The molecule has 21 heavy (non-hydrogen) atoms. The third kappa shape index (κ3) is 3.38. The summed E-state index contributed by atoms with van der Waals surface area (Å²) in [5.74, 6) is 0.673. The lowest BCUT2D eigenvalue weighted by molar-refractivity contribution is 0.0947. The lowest BCUT2D eigenvalue weighted by Crippen LogP contribution is -2.31. The number of hydrogen-bond acceptors (Lipinski definition) is 3. The molecular weight excluding hydrogens is 262 g/mol. The average molecular weight is 287 g/mol. The Morgan fingerprint density at radius 2 is 2.38 bits per heavy atom. The van der Waals surface area contributed by atoms with E-state index < -0.39 is 0 Å². The molecule has 0 radical (unpaired) electrons. The number of carbonyl (C=O) groups excluding carboxylic acids is 1. The van der Waals surface area contributed by atoms with Crippen LogP contribution in [0.15, 0.2) is 18.2 Å². The summed E-state index contributed by atoms with van der Waals surface area (Å²) in [4.78, 5) is 14.7. The van der Waals surface area contributed by atoms with Crippen molar-refractivity contribution in [3.63, 3.8) is 0 Å². The molecule has 1 atom stereocenters. The summed E-state index contributed by atoms with van der Waals surface area (Å²) in [6, 6.07) is 6.01. The van der Waals surface area contributed by atoms with E-state index in [1.165, 1.54) is 24.2 Å². The van der Waals surface area contributed by atoms with Gasteiger partial charge in [0.1, 0.15) is 0 Å². The van der Waals surface area contributed by atoms with Gasteiger partial charge < -0.3 is 15.5 Å². The highest BCUT2D eigenvalue weighted by molar-refractivity contribution is 5.95. The Labute approximate surface area is 126 Å². The monoisotopic (exact) mass is 287 g/mol. The zero-order valence-electron chi connectivity index (χ0n) is 12.8. The number of rotatable bonds is 4. The molecule has 2 aliphatic rings. The average Bonchev–Trinajstić information content (AvgIpc) is 3.00. The van der Waals surface area contributed by atoms with Crippen molar-refractivity contribution in [1.29, 1.82) is 0 Å². The predicted octanol–water partition coefficient (Wildman–Crippen LogP) is 2.12. The maximum atomic E-state index is 12.3. The smallest absolute Gasteiger partial charge is 0.251 e. The summed E-state index contributed by atoms with van der Waals surface area (Å²) in [5.41, 5.74) is 3.25. The molecule has 4 nitrogen and oxygen atoms in total. The van der Waals surface area contributed by atoms with Gasteiger partial charge in [0.05, 0.1) is 0 Å². The Morgan fingerprint density at radius 1 is 1.48 bits per heavy atom. The maximum Gasteiger partial charge on any atom is 0.251 e. The summed E-state index contributed by atoms with van der Waals surface area (Å²) in [7, 11) is 0. The van der Waals surface area contributed by atoms with Crippen LogP contribution in [0.4, 0.5) is 5.69 Å². The number of hydrogen-bond donors (Lipinski definition) is 2. The highest BCUT2D eigenvalue weighted by atomic mass is 16.1. The molecule has 1 unspecified atom stereocenters. The van der Waals surface area contributed by atoms with Gasteiger partial charge in [-0.05, 0) is 62.0 Å². The van der Waals surface area contributed by atoms with Crippen molar-refractivity contribution in [2.75, 3.05) is 38.0 Å². The fraction of sp³-hybridized carbons (Fsp3) is 0.588. The van der Waals surface area contributed by atoms with Crippen LogP contribution in [0.1, 0.15) is 35.7 Å². The molecule has 0 aliphatic carbocycles. The summed E-state index contributed by atoms with van der Waals surface area (Å²) in [6.45, 7) is 7.43. The Morgan fingerprint density at radius 3 is 3.19 bits per heavy atom. The third-order valence-corrected chi connectivity index (χ3v) is 4.67. The molecule has 2 aliphatic heterocycles. The second-order valence-corrected chi connectivity index (χ2v) is 6.16. The van der Waals surface area contributed by atoms with Gasteiger partial charge in [0.15, 0.2) is 0 Å². The Hall–Kier alpha value is -1.55. The quantitative estimate of drug-likeness (QED) is 0.891. The van der Waals surface area contributed by atoms with Gasteiger partial charge in [0.25, 0.3) is 5.91 Å². The van der Waals surface area contributed by atoms with E-state index in [2.05, 4.69) is 22.5 Å².